The normalized spacial score (nSPS) is 17.7. The van der Waals surface area contributed by atoms with E-state index in [9.17, 15) is 0 Å². The number of benzene rings is 2. The number of hydrogen-bond donors (Lipinski definition) is 0. The van der Waals surface area contributed by atoms with Crippen molar-refractivity contribution >= 4 is 0 Å². The Morgan fingerprint density at radius 1 is 0.571 bits per heavy atom. The molecule has 0 heterocycles. The summed E-state index contributed by atoms with van der Waals surface area (Å²) in [7, 11) is 0. The summed E-state index contributed by atoms with van der Waals surface area (Å²) >= 11 is 0. The maximum atomic E-state index is 2.44. The van der Waals surface area contributed by atoms with E-state index in [-0.39, 0.29) is 7.43 Å². The topological polar surface area (TPSA) is 0 Å². The molecule has 2 atom stereocenters. The predicted octanol–water partition coefficient (Wildman–Crippen LogP) is 7.91. The standard InChI is InChI=1S/C27H26.CH4/c1-2-7-15-22(14-6-1)26(23-16-8-3-9-17-23)27(24-18-10-4-11-19-24)25-20-12-5-13-21-25;/h1-4,6,8-12,14-21,26-27H,5,7,13H2;1H4. The van der Waals surface area contributed by atoms with E-state index < -0.39 is 0 Å². The number of allylic oxidation sites excluding steroid dienone is 10. The summed E-state index contributed by atoms with van der Waals surface area (Å²) in [5.74, 6) is 0.623. The highest BCUT2D eigenvalue weighted by Crippen LogP contribution is 2.45. The van der Waals surface area contributed by atoms with Crippen molar-refractivity contribution in [3.63, 3.8) is 0 Å². The number of rotatable bonds is 5. The number of hydrogen-bond acceptors (Lipinski definition) is 0. The van der Waals surface area contributed by atoms with Gasteiger partial charge < -0.3 is 0 Å². The zero-order valence-corrected chi connectivity index (χ0v) is 15.7. The lowest BCUT2D eigenvalue weighted by Gasteiger charge is -2.31. The van der Waals surface area contributed by atoms with Gasteiger partial charge in [-0.15, -0.1) is 0 Å². The van der Waals surface area contributed by atoms with E-state index in [0.717, 1.165) is 19.3 Å². The molecule has 2 aliphatic carbocycles. The zero-order chi connectivity index (χ0) is 18.3. The van der Waals surface area contributed by atoms with Crippen LogP contribution in [0.5, 0.6) is 0 Å². The second-order valence-corrected chi connectivity index (χ2v) is 7.19. The van der Waals surface area contributed by atoms with E-state index in [4.69, 9.17) is 0 Å². The van der Waals surface area contributed by atoms with Gasteiger partial charge in [-0.1, -0.05) is 117 Å². The molecule has 0 spiro atoms. The first kappa shape index (κ1) is 19.9. The third-order valence-electron chi connectivity index (χ3n) is 5.42. The van der Waals surface area contributed by atoms with Gasteiger partial charge in [0, 0.05) is 11.8 Å². The largest absolute Gasteiger partial charge is 0.0839 e. The van der Waals surface area contributed by atoms with Crippen LogP contribution in [0.2, 0.25) is 0 Å². The smallest absolute Gasteiger partial charge is 0.0196 e. The first-order chi connectivity index (χ1) is 13.4. The minimum atomic E-state index is 0. The maximum absolute atomic E-state index is 2.44. The minimum Gasteiger partial charge on any atom is -0.0839 e. The Labute approximate surface area is 170 Å². The van der Waals surface area contributed by atoms with Crippen molar-refractivity contribution in [1.29, 1.82) is 0 Å². The van der Waals surface area contributed by atoms with E-state index in [1.165, 1.54) is 22.3 Å². The second-order valence-electron chi connectivity index (χ2n) is 7.19. The lowest BCUT2D eigenvalue weighted by Crippen LogP contribution is -2.16. The van der Waals surface area contributed by atoms with Crippen molar-refractivity contribution in [3.05, 3.63) is 132 Å². The van der Waals surface area contributed by atoms with Gasteiger partial charge in [0.15, 0.2) is 0 Å². The molecule has 4 rings (SSSR count). The fourth-order valence-corrected chi connectivity index (χ4v) is 4.17. The van der Waals surface area contributed by atoms with E-state index in [1.54, 1.807) is 0 Å². The Kier molecular flexibility index (Phi) is 7.03. The predicted molar refractivity (Wildman–Crippen MR) is 123 cm³/mol. The van der Waals surface area contributed by atoms with Crippen LogP contribution < -0.4 is 0 Å². The van der Waals surface area contributed by atoms with Gasteiger partial charge in [0.25, 0.3) is 0 Å². The molecular formula is C28H30. The van der Waals surface area contributed by atoms with Crippen LogP contribution in [0.4, 0.5) is 0 Å². The molecule has 0 aliphatic heterocycles. The highest BCUT2D eigenvalue weighted by Gasteiger charge is 2.29. The van der Waals surface area contributed by atoms with Crippen LogP contribution in [0.1, 0.15) is 49.7 Å². The third kappa shape index (κ3) is 4.51. The molecule has 2 aromatic carbocycles. The summed E-state index contributed by atoms with van der Waals surface area (Å²) in [5.41, 5.74) is 5.60. The second kappa shape index (κ2) is 9.90. The Hall–Kier alpha value is -2.86. The lowest BCUT2D eigenvalue weighted by molar-refractivity contribution is 0.683. The first-order valence-corrected chi connectivity index (χ1v) is 9.93. The molecule has 0 amide bonds. The van der Waals surface area contributed by atoms with Crippen LogP contribution in [0.15, 0.2) is 120 Å². The average Bonchev–Trinajstić information content (AvgIpc) is 3.03. The summed E-state index contributed by atoms with van der Waals surface area (Å²) in [6, 6.07) is 22.0. The SMILES string of the molecule is C.C1=CCC=C(C(c2ccccc2)C(C2=CCCC=C2)c2ccccc2)C=C1. The van der Waals surface area contributed by atoms with Crippen molar-refractivity contribution in [2.75, 3.05) is 0 Å². The van der Waals surface area contributed by atoms with E-state index in [1.807, 2.05) is 0 Å². The van der Waals surface area contributed by atoms with E-state index in [2.05, 4.69) is 109 Å². The van der Waals surface area contributed by atoms with Crippen LogP contribution in [0.3, 0.4) is 0 Å². The molecule has 0 fully saturated rings. The first-order valence-electron chi connectivity index (χ1n) is 9.93. The van der Waals surface area contributed by atoms with Gasteiger partial charge in [-0.05, 0) is 41.5 Å². The van der Waals surface area contributed by atoms with Gasteiger partial charge in [0.2, 0.25) is 0 Å². The fraction of sp³-hybridized carbons (Fsp3) is 0.214. The Morgan fingerprint density at radius 3 is 1.75 bits per heavy atom. The molecule has 2 aliphatic rings. The molecule has 2 unspecified atom stereocenters. The van der Waals surface area contributed by atoms with Gasteiger partial charge in [-0.25, -0.2) is 0 Å². The molecule has 0 nitrogen and oxygen atoms in total. The van der Waals surface area contributed by atoms with Gasteiger partial charge >= 0.3 is 0 Å². The molecule has 2 aromatic rings. The van der Waals surface area contributed by atoms with Gasteiger partial charge in [-0.2, -0.15) is 0 Å². The fourth-order valence-electron chi connectivity index (χ4n) is 4.17. The molecule has 0 saturated heterocycles. The summed E-state index contributed by atoms with van der Waals surface area (Å²) < 4.78 is 0. The Morgan fingerprint density at radius 2 is 1.18 bits per heavy atom. The van der Waals surface area contributed by atoms with Gasteiger partial charge in [0.05, 0.1) is 0 Å². The Bertz CT molecular complexity index is 892. The van der Waals surface area contributed by atoms with Crippen molar-refractivity contribution in [2.45, 2.75) is 38.5 Å². The molecule has 0 saturated carbocycles. The van der Waals surface area contributed by atoms with Gasteiger partial charge in [-0.3, -0.25) is 0 Å². The molecule has 0 N–H and O–H groups in total. The highest BCUT2D eigenvalue weighted by atomic mass is 14.3. The molecular weight excluding hydrogens is 336 g/mol. The van der Waals surface area contributed by atoms with Crippen LogP contribution in [-0.2, 0) is 0 Å². The van der Waals surface area contributed by atoms with Crippen molar-refractivity contribution < 1.29 is 0 Å². The maximum Gasteiger partial charge on any atom is 0.0196 e. The molecule has 0 heteroatoms. The minimum absolute atomic E-state index is 0. The van der Waals surface area contributed by atoms with Crippen LogP contribution in [-0.4, -0.2) is 0 Å². The molecule has 0 radical (unpaired) electrons. The molecule has 0 aromatic heterocycles. The quantitative estimate of drug-likeness (QED) is 0.504. The molecule has 0 bridgehead atoms. The average molecular weight is 367 g/mol. The zero-order valence-electron chi connectivity index (χ0n) is 15.7. The van der Waals surface area contributed by atoms with E-state index in [0.29, 0.717) is 11.8 Å². The molecule has 28 heavy (non-hydrogen) atoms. The van der Waals surface area contributed by atoms with Crippen molar-refractivity contribution in [2.24, 2.45) is 0 Å². The summed E-state index contributed by atoms with van der Waals surface area (Å²) in [4.78, 5) is 0. The van der Waals surface area contributed by atoms with E-state index >= 15 is 0 Å². The monoisotopic (exact) mass is 366 g/mol. The molecule has 142 valence electrons. The summed E-state index contributed by atoms with van der Waals surface area (Å²) in [5, 5.41) is 0. The van der Waals surface area contributed by atoms with Crippen LogP contribution in [0, 0.1) is 0 Å². The summed E-state index contributed by atoms with van der Waals surface area (Å²) in [6.45, 7) is 0. The lowest BCUT2D eigenvalue weighted by atomic mass is 9.72. The van der Waals surface area contributed by atoms with Crippen LogP contribution in [0.25, 0.3) is 0 Å². The van der Waals surface area contributed by atoms with Crippen molar-refractivity contribution in [1.82, 2.24) is 0 Å². The van der Waals surface area contributed by atoms with Crippen LogP contribution >= 0.6 is 0 Å². The van der Waals surface area contributed by atoms with Gasteiger partial charge in [0.1, 0.15) is 0 Å². The van der Waals surface area contributed by atoms with Crippen molar-refractivity contribution in [3.8, 4) is 0 Å². The highest BCUT2D eigenvalue weighted by molar-refractivity contribution is 5.48. The third-order valence-corrected chi connectivity index (χ3v) is 5.42. The Balaban J connectivity index is 0.00000225. The summed E-state index contributed by atoms with van der Waals surface area (Å²) in [6.07, 6.45) is 21.6.